The summed E-state index contributed by atoms with van der Waals surface area (Å²) < 4.78 is 18.2. The summed E-state index contributed by atoms with van der Waals surface area (Å²) in [6, 6.07) is 6.37. The van der Waals surface area contributed by atoms with E-state index < -0.39 is 0 Å². The van der Waals surface area contributed by atoms with E-state index in [4.69, 9.17) is 4.74 Å². The van der Waals surface area contributed by atoms with Gasteiger partial charge in [-0.3, -0.25) is 0 Å². The van der Waals surface area contributed by atoms with Crippen molar-refractivity contribution in [2.75, 3.05) is 25.1 Å². The van der Waals surface area contributed by atoms with Gasteiger partial charge in [0.25, 0.3) is 0 Å². The van der Waals surface area contributed by atoms with Crippen LogP contribution in [-0.2, 0) is 4.74 Å². The Balaban J connectivity index is 2.10. The molecule has 2 nitrogen and oxygen atoms in total. The maximum Gasteiger partial charge on any atom is 0.123 e. The van der Waals surface area contributed by atoms with Gasteiger partial charge >= 0.3 is 0 Å². The summed E-state index contributed by atoms with van der Waals surface area (Å²) >= 11 is 0. The molecule has 0 saturated heterocycles. The van der Waals surface area contributed by atoms with Crippen LogP contribution < -0.4 is 5.32 Å². The van der Waals surface area contributed by atoms with Gasteiger partial charge in [-0.05, 0) is 30.2 Å². The minimum Gasteiger partial charge on any atom is -0.383 e. The molecule has 0 unspecified atom stereocenters. The highest BCUT2D eigenvalue weighted by atomic mass is 19.1. The van der Waals surface area contributed by atoms with E-state index in [0.717, 1.165) is 18.8 Å². The highest BCUT2D eigenvalue weighted by molar-refractivity contribution is 5.42. The smallest absolute Gasteiger partial charge is 0.123 e. The van der Waals surface area contributed by atoms with E-state index in [2.05, 4.69) is 19.2 Å². The Hall–Kier alpha value is -1.09. The van der Waals surface area contributed by atoms with Gasteiger partial charge in [0.05, 0.1) is 6.61 Å². The summed E-state index contributed by atoms with van der Waals surface area (Å²) in [5.74, 6) is 0.460. The second-order valence-electron chi connectivity index (χ2n) is 4.19. The highest BCUT2D eigenvalue weighted by Crippen LogP contribution is 2.09. The van der Waals surface area contributed by atoms with E-state index in [9.17, 15) is 4.39 Å². The molecule has 0 atom stereocenters. The third-order valence-electron chi connectivity index (χ3n) is 2.93. The lowest BCUT2D eigenvalue weighted by Crippen LogP contribution is -2.14. The van der Waals surface area contributed by atoms with Gasteiger partial charge in [0, 0.05) is 18.8 Å². The molecule has 17 heavy (non-hydrogen) atoms. The van der Waals surface area contributed by atoms with E-state index in [-0.39, 0.29) is 5.82 Å². The Morgan fingerprint density at radius 3 is 2.41 bits per heavy atom. The van der Waals surface area contributed by atoms with Crippen LogP contribution in [0.2, 0.25) is 0 Å². The largest absolute Gasteiger partial charge is 0.383 e. The molecule has 0 amide bonds. The van der Waals surface area contributed by atoms with Crippen molar-refractivity contribution in [1.29, 1.82) is 0 Å². The molecule has 1 aromatic rings. The molecule has 1 rings (SSSR count). The molecule has 0 bridgehead atoms. The SMILES string of the molecule is CCC(CC)COCCNc1ccc(F)cc1. The van der Waals surface area contributed by atoms with Crippen LogP contribution in [0.4, 0.5) is 10.1 Å². The van der Waals surface area contributed by atoms with Crippen molar-refractivity contribution in [1.82, 2.24) is 0 Å². The molecule has 96 valence electrons. The van der Waals surface area contributed by atoms with Crippen LogP contribution in [0.15, 0.2) is 24.3 Å². The maximum atomic E-state index is 12.6. The summed E-state index contributed by atoms with van der Waals surface area (Å²) in [7, 11) is 0. The lowest BCUT2D eigenvalue weighted by Gasteiger charge is -2.13. The molecule has 0 fully saturated rings. The fraction of sp³-hybridized carbons (Fsp3) is 0.571. The molecular weight excluding hydrogens is 217 g/mol. The summed E-state index contributed by atoms with van der Waals surface area (Å²) in [4.78, 5) is 0. The average molecular weight is 239 g/mol. The molecule has 0 aromatic heterocycles. The van der Waals surface area contributed by atoms with Gasteiger partial charge in [0.1, 0.15) is 5.82 Å². The predicted molar refractivity (Wildman–Crippen MR) is 69.8 cm³/mol. The van der Waals surface area contributed by atoms with Gasteiger partial charge in [0.2, 0.25) is 0 Å². The summed E-state index contributed by atoms with van der Waals surface area (Å²) in [5.41, 5.74) is 0.928. The van der Waals surface area contributed by atoms with Crippen LogP contribution in [0.25, 0.3) is 0 Å². The van der Waals surface area contributed by atoms with Gasteiger partial charge in [-0.2, -0.15) is 0 Å². The molecule has 1 aromatic carbocycles. The van der Waals surface area contributed by atoms with Gasteiger partial charge in [0.15, 0.2) is 0 Å². The maximum absolute atomic E-state index is 12.6. The number of halogens is 1. The summed E-state index contributed by atoms with van der Waals surface area (Å²) in [6.45, 7) is 6.65. The predicted octanol–water partition coefficient (Wildman–Crippen LogP) is 3.69. The first-order chi connectivity index (χ1) is 8.26. The van der Waals surface area contributed by atoms with Crippen molar-refractivity contribution in [3.63, 3.8) is 0 Å². The molecule has 1 N–H and O–H groups in total. The number of hydrogen-bond donors (Lipinski definition) is 1. The van der Waals surface area contributed by atoms with Crippen molar-refractivity contribution >= 4 is 5.69 Å². The summed E-state index contributed by atoms with van der Waals surface area (Å²) in [6.07, 6.45) is 2.34. The third-order valence-corrected chi connectivity index (χ3v) is 2.93. The number of rotatable bonds is 8. The average Bonchev–Trinajstić information content (AvgIpc) is 2.36. The Morgan fingerprint density at radius 1 is 1.18 bits per heavy atom. The van der Waals surface area contributed by atoms with E-state index in [0.29, 0.717) is 12.5 Å². The first-order valence-corrected chi connectivity index (χ1v) is 6.33. The molecule has 0 radical (unpaired) electrons. The first kappa shape index (κ1) is 14.0. The lowest BCUT2D eigenvalue weighted by atomic mass is 10.1. The van der Waals surface area contributed by atoms with E-state index in [1.807, 2.05) is 0 Å². The number of hydrogen-bond acceptors (Lipinski definition) is 2. The number of nitrogens with one attached hydrogen (secondary N) is 1. The second-order valence-corrected chi connectivity index (χ2v) is 4.19. The highest BCUT2D eigenvalue weighted by Gasteiger charge is 2.02. The van der Waals surface area contributed by atoms with Crippen LogP contribution in [-0.4, -0.2) is 19.8 Å². The summed E-state index contributed by atoms with van der Waals surface area (Å²) in [5, 5.41) is 3.19. The quantitative estimate of drug-likeness (QED) is 0.698. The zero-order valence-electron chi connectivity index (χ0n) is 10.7. The minimum absolute atomic E-state index is 0.208. The fourth-order valence-electron chi connectivity index (χ4n) is 1.61. The van der Waals surface area contributed by atoms with E-state index in [1.165, 1.54) is 25.0 Å². The molecule has 0 aliphatic heterocycles. The molecule has 0 saturated carbocycles. The van der Waals surface area contributed by atoms with Crippen LogP contribution in [0.5, 0.6) is 0 Å². The van der Waals surface area contributed by atoms with Gasteiger partial charge < -0.3 is 10.1 Å². The standard InChI is InChI=1S/C14H22FNO/c1-3-12(4-2)11-17-10-9-16-14-7-5-13(15)6-8-14/h5-8,12,16H,3-4,9-11H2,1-2H3. The molecule has 0 heterocycles. The number of benzene rings is 1. The van der Waals surface area contributed by atoms with Crippen LogP contribution >= 0.6 is 0 Å². The minimum atomic E-state index is -0.208. The Labute approximate surface area is 103 Å². The second kappa shape index (κ2) is 8.07. The number of anilines is 1. The van der Waals surface area contributed by atoms with E-state index in [1.54, 1.807) is 12.1 Å². The Kier molecular flexibility index (Phi) is 6.63. The first-order valence-electron chi connectivity index (χ1n) is 6.33. The van der Waals surface area contributed by atoms with Crippen molar-refractivity contribution in [3.05, 3.63) is 30.1 Å². The van der Waals surface area contributed by atoms with Crippen molar-refractivity contribution in [2.45, 2.75) is 26.7 Å². The molecule has 3 heteroatoms. The molecular formula is C14H22FNO. The van der Waals surface area contributed by atoms with Crippen LogP contribution in [0.1, 0.15) is 26.7 Å². The van der Waals surface area contributed by atoms with Gasteiger partial charge in [-0.15, -0.1) is 0 Å². The van der Waals surface area contributed by atoms with Crippen molar-refractivity contribution in [2.24, 2.45) is 5.92 Å². The Bertz CT molecular complexity index is 296. The normalized spacial score (nSPS) is 10.8. The molecule has 0 aliphatic carbocycles. The molecule has 0 spiro atoms. The lowest BCUT2D eigenvalue weighted by molar-refractivity contribution is 0.104. The third kappa shape index (κ3) is 5.68. The number of ether oxygens (including phenoxy) is 1. The van der Waals surface area contributed by atoms with Crippen LogP contribution in [0, 0.1) is 11.7 Å². The fourth-order valence-corrected chi connectivity index (χ4v) is 1.61. The molecule has 0 aliphatic rings. The van der Waals surface area contributed by atoms with E-state index >= 15 is 0 Å². The monoisotopic (exact) mass is 239 g/mol. The van der Waals surface area contributed by atoms with Crippen LogP contribution in [0.3, 0.4) is 0 Å². The Morgan fingerprint density at radius 2 is 1.82 bits per heavy atom. The van der Waals surface area contributed by atoms with Gasteiger partial charge in [-0.1, -0.05) is 26.7 Å². The zero-order valence-corrected chi connectivity index (χ0v) is 10.7. The van der Waals surface area contributed by atoms with Crippen molar-refractivity contribution in [3.8, 4) is 0 Å². The van der Waals surface area contributed by atoms with Gasteiger partial charge in [-0.25, -0.2) is 4.39 Å². The topological polar surface area (TPSA) is 21.3 Å². The van der Waals surface area contributed by atoms with Crippen molar-refractivity contribution < 1.29 is 9.13 Å². The zero-order chi connectivity index (χ0) is 12.5.